The van der Waals surface area contributed by atoms with E-state index < -0.39 is 6.04 Å². The Morgan fingerprint density at radius 1 is 1.12 bits per heavy atom. The summed E-state index contributed by atoms with van der Waals surface area (Å²) in [6, 6.07) is 16.0. The molecule has 3 rings (SSSR count). The fourth-order valence-electron chi connectivity index (χ4n) is 3.50. The molecule has 0 aliphatic carbocycles. The summed E-state index contributed by atoms with van der Waals surface area (Å²) in [4.78, 5) is 27.5. The lowest BCUT2D eigenvalue weighted by atomic mass is 10.1. The molecule has 34 heavy (non-hydrogen) atoms. The van der Waals surface area contributed by atoms with Crippen molar-refractivity contribution < 1.29 is 14.3 Å². The van der Waals surface area contributed by atoms with Gasteiger partial charge >= 0.3 is 0 Å². The van der Waals surface area contributed by atoms with Crippen LogP contribution in [0.3, 0.4) is 0 Å². The van der Waals surface area contributed by atoms with E-state index in [1.165, 1.54) is 4.90 Å². The molecular formula is C26H27BrCl2N2O3. The summed E-state index contributed by atoms with van der Waals surface area (Å²) in [7, 11) is 0. The third-order valence-electron chi connectivity index (χ3n) is 5.53. The summed E-state index contributed by atoms with van der Waals surface area (Å²) in [5.74, 6) is -0.000404. The Morgan fingerprint density at radius 2 is 1.88 bits per heavy atom. The second-order valence-corrected chi connectivity index (χ2v) is 9.60. The number of hydrogen-bond donors (Lipinski definition) is 1. The topological polar surface area (TPSA) is 58.6 Å². The molecule has 0 fully saturated rings. The lowest BCUT2D eigenvalue weighted by Gasteiger charge is -2.29. The molecule has 0 aliphatic rings. The summed E-state index contributed by atoms with van der Waals surface area (Å²) < 4.78 is 6.65. The lowest BCUT2D eigenvalue weighted by Crippen LogP contribution is -2.49. The first kappa shape index (κ1) is 26.3. The van der Waals surface area contributed by atoms with Crippen LogP contribution in [0.5, 0.6) is 5.75 Å². The van der Waals surface area contributed by atoms with Crippen LogP contribution in [-0.4, -0.2) is 35.9 Å². The molecule has 2 amide bonds. The predicted molar refractivity (Wildman–Crippen MR) is 142 cm³/mol. The first-order valence-electron chi connectivity index (χ1n) is 11.1. The molecule has 0 radical (unpaired) electrons. The molecule has 180 valence electrons. The number of ether oxygens (including phenoxy) is 1. The van der Waals surface area contributed by atoms with E-state index in [2.05, 4.69) is 28.2 Å². The first-order valence-corrected chi connectivity index (χ1v) is 12.7. The molecule has 1 N–H and O–H groups in total. The van der Waals surface area contributed by atoms with E-state index in [0.717, 1.165) is 28.1 Å². The van der Waals surface area contributed by atoms with Gasteiger partial charge in [0.25, 0.3) is 5.91 Å². The van der Waals surface area contributed by atoms with E-state index in [0.29, 0.717) is 27.9 Å². The zero-order valence-electron chi connectivity index (χ0n) is 19.1. The Hall–Kier alpha value is -2.28. The highest BCUT2D eigenvalue weighted by molar-refractivity contribution is 9.10. The van der Waals surface area contributed by atoms with Gasteiger partial charge in [-0.2, -0.15) is 0 Å². The molecule has 0 saturated carbocycles. The summed E-state index contributed by atoms with van der Waals surface area (Å²) in [5, 5.41) is 5.88. The number of unbranched alkanes of at least 4 members (excludes halogenated alkanes) is 1. The van der Waals surface area contributed by atoms with Crippen molar-refractivity contribution in [2.75, 3.05) is 13.2 Å². The average molecular weight is 566 g/mol. The van der Waals surface area contributed by atoms with Crippen LogP contribution >= 0.6 is 39.1 Å². The van der Waals surface area contributed by atoms with E-state index in [-0.39, 0.29) is 25.0 Å². The van der Waals surface area contributed by atoms with Crippen molar-refractivity contribution >= 4 is 61.7 Å². The van der Waals surface area contributed by atoms with Crippen molar-refractivity contribution in [3.8, 4) is 5.75 Å². The number of benzene rings is 3. The molecule has 0 spiro atoms. The van der Waals surface area contributed by atoms with Crippen LogP contribution in [0.15, 0.2) is 59.1 Å². The maximum absolute atomic E-state index is 13.3. The van der Waals surface area contributed by atoms with Gasteiger partial charge in [-0.1, -0.05) is 72.9 Å². The van der Waals surface area contributed by atoms with E-state index in [4.69, 9.17) is 27.9 Å². The Morgan fingerprint density at radius 3 is 2.62 bits per heavy atom. The van der Waals surface area contributed by atoms with E-state index in [9.17, 15) is 9.59 Å². The quantitative estimate of drug-likeness (QED) is 0.281. The van der Waals surface area contributed by atoms with E-state index >= 15 is 0 Å². The highest BCUT2D eigenvalue weighted by Gasteiger charge is 2.27. The highest BCUT2D eigenvalue weighted by Crippen LogP contribution is 2.33. The van der Waals surface area contributed by atoms with Gasteiger partial charge in [-0.15, -0.1) is 0 Å². The van der Waals surface area contributed by atoms with Gasteiger partial charge in [0.2, 0.25) is 5.91 Å². The van der Waals surface area contributed by atoms with Crippen molar-refractivity contribution in [3.63, 3.8) is 0 Å². The number of halogens is 3. The molecule has 3 aromatic carbocycles. The fraction of sp³-hybridized carbons (Fsp3) is 0.308. The maximum Gasteiger partial charge on any atom is 0.261 e. The van der Waals surface area contributed by atoms with Crippen LogP contribution in [0.25, 0.3) is 10.8 Å². The van der Waals surface area contributed by atoms with Gasteiger partial charge in [-0.25, -0.2) is 0 Å². The van der Waals surface area contributed by atoms with Crippen LogP contribution < -0.4 is 10.1 Å². The SMILES string of the molecule is CCCCNC(=O)[C@H](C)N(Cc1ccc(Cl)cc1Cl)C(=O)COc1ccc2ccccc2c1Br. The Bertz CT molecular complexity index is 1170. The minimum atomic E-state index is -0.709. The Kier molecular flexibility index (Phi) is 9.63. The summed E-state index contributed by atoms with van der Waals surface area (Å²) in [6.45, 7) is 4.24. The van der Waals surface area contributed by atoms with Crippen LogP contribution in [0.4, 0.5) is 0 Å². The standard InChI is InChI=1S/C26H27BrCl2N2O3/c1-3-4-13-30-26(33)17(2)31(15-19-9-11-20(28)14-22(19)29)24(32)16-34-23-12-10-18-7-5-6-8-21(18)25(23)27/h5-12,14,17H,3-4,13,15-16H2,1-2H3,(H,30,33)/t17-/m0/s1. The lowest BCUT2D eigenvalue weighted by molar-refractivity contribution is -0.142. The third kappa shape index (κ3) is 6.65. The second-order valence-electron chi connectivity index (χ2n) is 7.97. The highest BCUT2D eigenvalue weighted by atomic mass is 79.9. The number of amides is 2. The zero-order chi connectivity index (χ0) is 24.7. The second kappa shape index (κ2) is 12.4. The minimum absolute atomic E-state index is 0.152. The molecule has 3 aromatic rings. The van der Waals surface area contributed by atoms with Gasteiger partial charge in [0.15, 0.2) is 6.61 Å². The van der Waals surface area contributed by atoms with Gasteiger partial charge in [0.1, 0.15) is 11.8 Å². The van der Waals surface area contributed by atoms with Crippen molar-refractivity contribution in [1.29, 1.82) is 0 Å². The van der Waals surface area contributed by atoms with Gasteiger partial charge in [0.05, 0.1) is 4.47 Å². The number of rotatable bonds is 10. The van der Waals surface area contributed by atoms with Crippen LogP contribution in [0.1, 0.15) is 32.3 Å². The molecule has 0 saturated heterocycles. The van der Waals surface area contributed by atoms with E-state index in [1.807, 2.05) is 36.4 Å². The largest absolute Gasteiger partial charge is 0.483 e. The predicted octanol–water partition coefficient (Wildman–Crippen LogP) is 6.62. The van der Waals surface area contributed by atoms with Crippen LogP contribution in [0, 0.1) is 0 Å². The summed E-state index contributed by atoms with van der Waals surface area (Å²) >= 11 is 16.0. The normalized spacial score (nSPS) is 11.8. The van der Waals surface area contributed by atoms with Crippen LogP contribution in [0.2, 0.25) is 10.0 Å². The molecule has 0 aromatic heterocycles. The number of nitrogens with zero attached hydrogens (tertiary/aromatic N) is 1. The Balaban J connectivity index is 1.79. The molecule has 0 unspecified atom stereocenters. The minimum Gasteiger partial charge on any atom is -0.483 e. The van der Waals surface area contributed by atoms with Gasteiger partial charge in [0, 0.05) is 23.1 Å². The number of hydrogen-bond acceptors (Lipinski definition) is 3. The molecule has 0 aliphatic heterocycles. The fourth-order valence-corrected chi connectivity index (χ4v) is 4.58. The van der Waals surface area contributed by atoms with E-state index in [1.54, 1.807) is 25.1 Å². The summed E-state index contributed by atoms with van der Waals surface area (Å²) in [6.07, 6.45) is 1.83. The summed E-state index contributed by atoms with van der Waals surface area (Å²) in [5.41, 5.74) is 0.694. The van der Waals surface area contributed by atoms with Crippen molar-refractivity contribution in [1.82, 2.24) is 10.2 Å². The first-order chi connectivity index (χ1) is 16.3. The third-order valence-corrected chi connectivity index (χ3v) is 6.94. The molecule has 1 atom stereocenters. The number of nitrogens with one attached hydrogen (secondary N) is 1. The van der Waals surface area contributed by atoms with Gasteiger partial charge < -0.3 is 15.0 Å². The average Bonchev–Trinajstić information content (AvgIpc) is 2.83. The molecule has 0 heterocycles. The molecule has 8 heteroatoms. The van der Waals surface area contributed by atoms with Crippen LogP contribution in [-0.2, 0) is 16.1 Å². The van der Waals surface area contributed by atoms with Crippen molar-refractivity contribution in [2.45, 2.75) is 39.3 Å². The monoisotopic (exact) mass is 564 g/mol. The van der Waals surface area contributed by atoms with Crippen molar-refractivity contribution in [3.05, 3.63) is 74.7 Å². The van der Waals surface area contributed by atoms with Gasteiger partial charge in [-0.3, -0.25) is 9.59 Å². The smallest absolute Gasteiger partial charge is 0.261 e. The number of carbonyl (C=O) groups excluding carboxylic acids is 2. The molecule has 5 nitrogen and oxygen atoms in total. The molecular weight excluding hydrogens is 539 g/mol. The number of carbonyl (C=O) groups is 2. The molecule has 0 bridgehead atoms. The zero-order valence-corrected chi connectivity index (χ0v) is 22.2. The Labute approximate surface area is 218 Å². The van der Waals surface area contributed by atoms with Gasteiger partial charge in [-0.05, 0) is 63.8 Å². The van der Waals surface area contributed by atoms with Crippen molar-refractivity contribution in [2.24, 2.45) is 0 Å². The number of fused-ring (bicyclic) bond motifs is 1. The maximum atomic E-state index is 13.3.